The summed E-state index contributed by atoms with van der Waals surface area (Å²) in [6.45, 7) is 14.0. The molecule has 2 rings (SSSR count). The van der Waals surface area contributed by atoms with Gasteiger partial charge < -0.3 is 5.32 Å². The van der Waals surface area contributed by atoms with Gasteiger partial charge in [0.25, 0.3) is 0 Å². The molecule has 0 aromatic heterocycles. The third-order valence-electron chi connectivity index (χ3n) is 4.09. The van der Waals surface area contributed by atoms with E-state index >= 15 is 0 Å². The van der Waals surface area contributed by atoms with Crippen molar-refractivity contribution in [1.29, 1.82) is 0 Å². The molecular formula is C17H27FN2. The molecule has 0 bridgehead atoms. The van der Waals surface area contributed by atoms with Crippen molar-refractivity contribution in [2.75, 3.05) is 13.1 Å². The van der Waals surface area contributed by atoms with Gasteiger partial charge in [-0.3, -0.25) is 4.90 Å². The number of hydrogen-bond acceptors (Lipinski definition) is 2. The molecule has 0 saturated carbocycles. The van der Waals surface area contributed by atoms with Crippen molar-refractivity contribution in [3.63, 3.8) is 0 Å². The lowest BCUT2D eigenvalue weighted by Crippen LogP contribution is -2.64. The van der Waals surface area contributed by atoms with Crippen LogP contribution in [0.5, 0.6) is 0 Å². The third-order valence-corrected chi connectivity index (χ3v) is 4.09. The normalized spacial score (nSPS) is 23.8. The summed E-state index contributed by atoms with van der Waals surface area (Å²) in [4.78, 5) is 2.49. The molecule has 1 heterocycles. The molecule has 0 radical (unpaired) electrons. The minimum atomic E-state index is -0.149. The molecule has 1 N–H and O–H groups in total. The number of halogens is 1. The fourth-order valence-electron chi connectivity index (χ4n) is 3.07. The molecule has 1 saturated heterocycles. The van der Waals surface area contributed by atoms with E-state index in [0.717, 1.165) is 25.2 Å². The minimum absolute atomic E-state index is 0.106. The van der Waals surface area contributed by atoms with Gasteiger partial charge in [-0.05, 0) is 37.0 Å². The first-order valence-electron chi connectivity index (χ1n) is 7.41. The third kappa shape index (κ3) is 3.80. The van der Waals surface area contributed by atoms with Crippen LogP contribution in [0.15, 0.2) is 24.3 Å². The molecule has 0 amide bonds. The fourth-order valence-corrected chi connectivity index (χ4v) is 3.07. The highest BCUT2D eigenvalue weighted by atomic mass is 19.1. The first-order chi connectivity index (χ1) is 9.17. The van der Waals surface area contributed by atoms with E-state index in [0.29, 0.717) is 6.04 Å². The van der Waals surface area contributed by atoms with Crippen LogP contribution in [0.4, 0.5) is 4.39 Å². The molecule has 1 aliphatic rings. The van der Waals surface area contributed by atoms with Gasteiger partial charge >= 0.3 is 0 Å². The standard InChI is InChI=1S/C17H27FN2/c1-16(2,3)15-10-19-17(4,5)12-20(15)11-13-7-6-8-14(18)9-13/h6-9,15,19H,10-12H2,1-5H3. The molecule has 1 aromatic rings. The summed E-state index contributed by atoms with van der Waals surface area (Å²) in [5.41, 5.74) is 1.36. The van der Waals surface area contributed by atoms with Gasteiger partial charge in [-0.25, -0.2) is 4.39 Å². The number of rotatable bonds is 2. The zero-order chi connectivity index (χ0) is 15.0. The summed E-state index contributed by atoms with van der Waals surface area (Å²) in [6, 6.07) is 7.42. The maximum atomic E-state index is 13.4. The van der Waals surface area contributed by atoms with Crippen LogP contribution in [0.2, 0.25) is 0 Å². The van der Waals surface area contributed by atoms with Crippen molar-refractivity contribution in [2.24, 2.45) is 5.41 Å². The van der Waals surface area contributed by atoms with E-state index in [4.69, 9.17) is 0 Å². The quantitative estimate of drug-likeness (QED) is 0.891. The summed E-state index contributed by atoms with van der Waals surface area (Å²) >= 11 is 0. The highest BCUT2D eigenvalue weighted by molar-refractivity contribution is 5.17. The molecule has 1 fully saturated rings. The van der Waals surface area contributed by atoms with E-state index in [-0.39, 0.29) is 16.8 Å². The predicted octanol–water partition coefficient (Wildman–Crippen LogP) is 3.42. The Kier molecular flexibility index (Phi) is 4.22. The van der Waals surface area contributed by atoms with Gasteiger partial charge in [-0.1, -0.05) is 32.9 Å². The molecule has 1 unspecified atom stereocenters. The van der Waals surface area contributed by atoms with Gasteiger partial charge in [-0.15, -0.1) is 0 Å². The Labute approximate surface area is 122 Å². The highest BCUT2D eigenvalue weighted by Crippen LogP contribution is 2.30. The van der Waals surface area contributed by atoms with Gasteiger partial charge in [-0.2, -0.15) is 0 Å². The molecular weight excluding hydrogens is 251 g/mol. The van der Waals surface area contributed by atoms with Crippen LogP contribution in [0, 0.1) is 11.2 Å². The van der Waals surface area contributed by atoms with Gasteiger partial charge in [0.05, 0.1) is 0 Å². The highest BCUT2D eigenvalue weighted by Gasteiger charge is 2.38. The average Bonchev–Trinajstić information content (AvgIpc) is 2.25. The Morgan fingerprint density at radius 1 is 1.35 bits per heavy atom. The zero-order valence-corrected chi connectivity index (χ0v) is 13.3. The van der Waals surface area contributed by atoms with Crippen molar-refractivity contribution in [3.05, 3.63) is 35.6 Å². The molecule has 112 valence electrons. The lowest BCUT2D eigenvalue weighted by atomic mass is 9.82. The molecule has 2 nitrogen and oxygen atoms in total. The van der Waals surface area contributed by atoms with Crippen LogP contribution in [0.3, 0.4) is 0 Å². The van der Waals surface area contributed by atoms with E-state index in [1.807, 2.05) is 6.07 Å². The minimum Gasteiger partial charge on any atom is -0.309 e. The Hall–Kier alpha value is -0.930. The smallest absolute Gasteiger partial charge is 0.123 e. The molecule has 0 spiro atoms. The first-order valence-corrected chi connectivity index (χ1v) is 7.41. The van der Waals surface area contributed by atoms with Gasteiger partial charge in [0.1, 0.15) is 5.82 Å². The molecule has 0 aliphatic carbocycles. The second-order valence-electron chi connectivity index (χ2n) is 7.68. The van der Waals surface area contributed by atoms with Gasteiger partial charge in [0.2, 0.25) is 0 Å². The monoisotopic (exact) mass is 278 g/mol. The van der Waals surface area contributed by atoms with Crippen molar-refractivity contribution >= 4 is 0 Å². The van der Waals surface area contributed by atoms with Gasteiger partial charge in [0.15, 0.2) is 0 Å². The Bertz CT molecular complexity index is 462. The van der Waals surface area contributed by atoms with Crippen LogP contribution in [0.1, 0.15) is 40.2 Å². The summed E-state index contributed by atoms with van der Waals surface area (Å²) in [6.07, 6.45) is 0. The lowest BCUT2D eigenvalue weighted by Gasteiger charge is -2.49. The van der Waals surface area contributed by atoms with Crippen LogP contribution in [-0.2, 0) is 6.54 Å². The summed E-state index contributed by atoms with van der Waals surface area (Å²) in [5, 5.41) is 3.63. The summed E-state index contributed by atoms with van der Waals surface area (Å²) < 4.78 is 13.4. The zero-order valence-electron chi connectivity index (χ0n) is 13.3. The maximum absolute atomic E-state index is 13.4. The first kappa shape index (κ1) is 15.5. The second-order valence-corrected chi connectivity index (χ2v) is 7.68. The number of hydrogen-bond donors (Lipinski definition) is 1. The second kappa shape index (κ2) is 5.45. The number of nitrogens with zero attached hydrogens (tertiary/aromatic N) is 1. The van der Waals surface area contributed by atoms with Crippen molar-refractivity contribution in [3.8, 4) is 0 Å². The number of piperazine rings is 1. The van der Waals surface area contributed by atoms with Crippen molar-refractivity contribution < 1.29 is 4.39 Å². The molecule has 20 heavy (non-hydrogen) atoms. The summed E-state index contributed by atoms with van der Waals surface area (Å²) in [7, 11) is 0. The predicted molar refractivity (Wildman–Crippen MR) is 82.1 cm³/mol. The fraction of sp³-hybridized carbons (Fsp3) is 0.647. The molecule has 3 heteroatoms. The largest absolute Gasteiger partial charge is 0.309 e. The lowest BCUT2D eigenvalue weighted by molar-refractivity contribution is 0.0271. The van der Waals surface area contributed by atoms with Crippen molar-refractivity contribution in [2.45, 2.75) is 52.7 Å². The maximum Gasteiger partial charge on any atom is 0.123 e. The van der Waals surface area contributed by atoms with Crippen LogP contribution in [0.25, 0.3) is 0 Å². The van der Waals surface area contributed by atoms with E-state index in [9.17, 15) is 4.39 Å². The molecule has 1 aromatic carbocycles. The Morgan fingerprint density at radius 2 is 2.05 bits per heavy atom. The summed E-state index contributed by atoms with van der Waals surface area (Å²) in [5.74, 6) is -0.149. The molecule has 1 aliphatic heterocycles. The van der Waals surface area contributed by atoms with E-state index < -0.39 is 0 Å². The van der Waals surface area contributed by atoms with E-state index in [2.05, 4.69) is 44.8 Å². The van der Waals surface area contributed by atoms with Crippen LogP contribution >= 0.6 is 0 Å². The van der Waals surface area contributed by atoms with Crippen LogP contribution < -0.4 is 5.32 Å². The SMILES string of the molecule is CC1(C)CN(Cc2cccc(F)c2)C(C(C)(C)C)CN1. The van der Waals surface area contributed by atoms with Crippen molar-refractivity contribution in [1.82, 2.24) is 10.2 Å². The Balaban J connectivity index is 2.19. The van der Waals surface area contributed by atoms with E-state index in [1.165, 1.54) is 6.07 Å². The topological polar surface area (TPSA) is 15.3 Å². The van der Waals surface area contributed by atoms with E-state index in [1.54, 1.807) is 12.1 Å². The number of nitrogens with one attached hydrogen (secondary N) is 1. The average molecular weight is 278 g/mol. The van der Waals surface area contributed by atoms with Gasteiger partial charge in [0, 0.05) is 31.2 Å². The molecule has 1 atom stereocenters. The number of benzene rings is 1. The van der Waals surface area contributed by atoms with Crippen LogP contribution in [-0.4, -0.2) is 29.6 Å². The Morgan fingerprint density at radius 3 is 2.65 bits per heavy atom.